The summed E-state index contributed by atoms with van der Waals surface area (Å²) >= 11 is 0. The summed E-state index contributed by atoms with van der Waals surface area (Å²) in [4.78, 5) is 55.4. The van der Waals surface area contributed by atoms with E-state index in [1.54, 1.807) is 54.6 Å². The molecule has 1 aliphatic carbocycles. The number of aromatic amines is 1. The third kappa shape index (κ3) is 5.07. The average molecular weight is 617 g/mol. The molecule has 1 unspecified atom stereocenters. The van der Waals surface area contributed by atoms with Crippen molar-refractivity contribution in [3.63, 3.8) is 0 Å². The molecule has 1 amide bonds. The number of aromatic hydroxyl groups is 1. The van der Waals surface area contributed by atoms with E-state index in [2.05, 4.69) is 10.3 Å². The smallest absolute Gasteiger partial charge is 0.277 e. The number of phenols is 1. The molecule has 0 bridgehead atoms. The molecular formula is C37H34N3O6+. The standard InChI is InChI=1S/C37H33N3O6/c1-36(2,3)25-16-21(17-26(34(25)43)37(4,5)6)35(44)39-28-11-7-9-19-13-14-27(38-31(19)28)30-32(41)23-15-20-10-8-12-29(40(45)46)22(20)18-24(23)33(30)42/h7-18,30,43H,1-6H3,(H,39,44)/p+1. The molecule has 4 aromatic carbocycles. The topological polar surface area (TPSA) is 141 Å². The minimum absolute atomic E-state index is 0.139. The number of nitrogens with zero attached hydrogens (tertiary/aromatic N) is 1. The van der Waals surface area contributed by atoms with E-state index >= 15 is 0 Å². The second kappa shape index (κ2) is 10.6. The van der Waals surface area contributed by atoms with Crippen LogP contribution in [0.25, 0.3) is 21.7 Å². The van der Waals surface area contributed by atoms with Crippen molar-refractivity contribution in [3.8, 4) is 5.75 Å². The Kier molecular flexibility index (Phi) is 7.03. The molecule has 3 N–H and O–H groups in total. The third-order valence-electron chi connectivity index (χ3n) is 8.60. The molecule has 0 spiro atoms. The lowest BCUT2D eigenvalue weighted by Crippen LogP contribution is -2.25. The number of phenolic OH excluding ortho intramolecular Hbond substituents is 1. The number of hydrogen-bond acceptors (Lipinski definition) is 6. The highest BCUT2D eigenvalue weighted by atomic mass is 16.6. The summed E-state index contributed by atoms with van der Waals surface area (Å²) in [5.41, 5.74) is 2.40. The molecule has 0 saturated carbocycles. The van der Waals surface area contributed by atoms with Crippen LogP contribution in [0.15, 0.2) is 72.8 Å². The number of para-hydroxylation sites is 1. The molecule has 0 saturated heterocycles. The first-order chi connectivity index (χ1) is 21.6. The fraction of sp³-hybridized carbons (Fsp3) is 0.243. The summed E-state index contributed by atoms with van der Waals surface area (Å²) in [5.74, 6) is -2.23. The number of H-pyrrole nitrogens is 1. The number of carbonyl (C=O) groups is 3. The Bertz CT molecular complexity index is 2120. The number of nitro groups is 1. The number of amides is 1. The quantitative estimate of drug-likeness (QED) is 0.122. The van der Waals surface area contributed by atoms with Gasteiger partial charge in [-0.2, -0.15) is 0 Å². The van der Waals surface area contributed by atoms with Gasteiger partial charge in [-0.05, 0) is 58.7 Å². The van der Waals surface area contributed by atoms with E-state index in [0.29, 0.717) is 44.4 Å². The molecule has 232 valence electrons. The van der Waals surface area contributed by atoms with E-state index in [1.165, 1.54) is 12.1 Å². The van der Waals surface area contributed by atoms with Gasteiger partial charge in [-0.15, -0.1) is 0 Å². The molecule has 0 radical (unpaired) electrons. The van der Waals surface area contributed by atoms with Gasteiger partial charge in [-0.25, -0.2) is 4.98 Å². The summed E-state index contributed by atoms with van der Waals surface area (Å²) in [5, 5.41) is 27.2. The fourth-order valence-corrected chi connectivity index (χ4v) is 6.18. The highest BCUT2D eigenvalue weighted by Gasteiger charge is 2.44. The fourth-order valence-electron chi connectivity index (χ4n) is 6.18. The van der Waals surface area contributed by atoms with Crippen molar-refractivity contribution in [3.05, 3.63) is 116 Å². The molecule has 46 heavy (non-hydrogen) atoms. The highest BCUT2D eigenvalue weighted by Crippen LogP contribution is 2.41. The van der Waals surface area contributed by atoms with Gasteiger partial charge in [0.15, 0.2) is 23.2 Å². The summed E-state index contributed by atoms with van der Waals surface area (Å²) < 4.78 is 0. The number of aromatic nitrogens is 1. The van der Waals surface area contributed by atoms with Crippen molar-refractivity contribution in [2.45, 2.75) is 58.3 Å². The minimum atomic E-state index is -1.17. The Balaban J connectivity index is 1.40. The highest BCUT2D eigenvalue weighted by molar-refractivity contribution is 6.31. The van der Waals surface area contributed by atoms with E-state index < -0.39 is 33.2 Å². The number of pyridine rings is 1. The zero-order valence-electron chi connectivity index (χ0n) is 26.4. The molecule has 0 fully saturated rings. The normalized spacial score (nSPS) is 15.0. The zero-order chi connectivity index (χ0) is 33.3. The van der Waals surface area contributed by atoms with Crippen LogP contribution in [0.3, 0.4) is 0 Å². The number of rotatable bonds is 4. The largest absolute Gasteiger partial charge is 0.507 e. The number of anilines is 1. The van der Waals surface area contributed by atoms with Crippen LogP contribution in [-0.4, -0.2) is 27.5 Å². The first-order valence-corrected chi connectivity index (χ1v) is 15.0. The molecule has 1 atom stereocenters. The van der Waals surface area contributed by atoms with Crippen LogP contribution in [0.4, 0.5) is 11.4 Å². The number of non-ortho nitro benzene ring substituents is 1. The van der Waals surface area contributed by atoms with Gasteiger partial charge in [0.25, 0.3) is 11.6 Å². The number of Topliss-reactive ketones (excluding diaryl/α,β-unsaturated/α-hetero) is 2. The van der Waals surface area contributed by atoms with Gasteiger partial charge in [0, 0.05) is 45.3 Å². The van der Waals surface area contributed by atoms with Crippen LogP contribution in [-0.2, 0) is 10.8 Å². The minimum Gasteiger partial charge on any atom is -0.507 e. The number of ketones is 2. The van der Waals surface area contributed by atoms with Crippen molar-refractivity contribution < 1.29 is 29.4 Å². The molecule has 6 rings (SSSR count). The number of carbonyl (C=O) groups excluding carboxylic acids is 3. The molecule has 9 heteroatoms. The number of fused-ring (bicyclic) bond motifs is 3. The lowest BCUT2D eigenvalue weighted by molar-refractivity contribution is -0.383. The van der Waals surface area contributed by atoms with E-state index in [9.17, 15) is 29.6 Å². The molecule has 1 aliphatic rings. The van der Waals surface area contributed by atoms with Crippen molar-refractivity contribution in [1.82, 2.24) is 0 Å². The van der Waals surface area contributed by atoms with Gasteiger partial charge in [0.1, 0.15) is 11.4 Å². The first kappa shape index (κ1) is 30.6. The Morgan fingerprint density at radius 2 is 1.41 bits per heavy atom. The van der Waals surface area contributed by atoms with Crippen molar-refractivity contribution in [1.29, 1.82) is 0 Å². The maximum Gasteiger partial charge on any atom is 0.277 e. The Morgan fingerprint density at radius 1 is 0.826 bits per heavy atom. The van der Waals surface area contributed by atoms with E-state index in [4.69, 9.17) is 0 Å². The van der Waals surface area contributed by atoms with Crippen LogP contribution in [0.2, 0.25) is 0 Å². The first-order valence-electron chi connectivity index (χ1n) is 15.0. The number of nitrogens with one attached hydrogen (secondary N) is 2. The Labute approximate surface area is 265 Å². The van der Waals surface area contributed by atoms with E-state index in [0.717, 1.165) is 5.39 Å². The predicted molar refractivity (Wildman–Crippen MR) is 176 cm³/mol. The maximum absolute atomic E-state index is 13.7. The molecule has 0 aliphatic heterocycles. The summed E-state index contributed by atoms with van der Waals surface area (Å²) in [7, 11) is 0. The molecular weight excluding hydrogens is 582 g/mol. The van der Waals surface area contributed by atoms with Gasteiger partial charge in [-0.1, -0.05) is 59.7 Å². The van der Waals surface area contributed by atoms with Gasteiger partial charge in [0.05, 0.1) is 10.3 Å². The third-order valence-corrected chi connectivity index (χ3v) is 8.60. The lowest BCUT2D eigenvalue weighted by Gasteiger charge is -2.28. The van der Waals surface area contributed by atoms with Gasteiger partial charge in [-0.3, -0.25) is 24.5 Å². The zero-order valence-corrected chi connectivity index (χ0v) is 26.4. The second-order valence-corrected chi connectivity index (χ2v) is 13.9. The maximum atomic E-state index is 13.7. The molecule has 9 nitrogen and oxygen atoms in total. The van der Waals surface area contributed by atoms with Crippen LogP contribution < -0.4 is 10.3 Å². The van der Waals surface area contributed by atoms with Crippen LogP contribution in [0.1, 0.15) is 95.4 Å². The molecule has 1 heterocycles. The van der Waals surface area contributed by atoms with Crippen molar-refractivity contribution in [2.75, 3.05) is 5.32 Å². The van der Waals surface area contributed by atoms with Crippen molar-refractivity contribution in [2.24, 2.45) is 0 Å². The van der Waals surface area contributed by atoms with Crippen LogP contribution >= 0.6 is 0 Å². The monoisotopic (exact) mass is 616 g/mol. The summed E-state index contributed by atoms with van der Waals surface area (Å²) in [6.45, 7) is 11.9. The molecule has 5 aromatic rings. The van der Waals surface area contributed by atoms with Crippen LogP contribution in [0.5, 0.6) is 5.75 Å². The van der Waals surface area contributed by atoms with Gasteiger partial charge >= 0.3 is 0 Å². The Hall–Kier alpha value is -5.44. The lowest BCUT2D eigenvalue weighted by atomic mass is 9.78. The number of benzene rings is 4. The van der Waals surface area contributed by atoms with Crippen LogP contribution in [0, 0.1) is 10.1 Å². The second-order valence-electron chi connectivity index (χ2n) is 13.9. The van der Waals surface area contributed by atoms with Gasteiger partial charge in [0.2, 0.25) is 5.52 Å². The van der Waals surface area contributed by atoms with Gasteiger partial charge < -0.3 is 10.4 Å². The Morgan fingerprint density at radius 3 is 2.02 bits per heavy atom. The molecule has 1 aromatic heterocycles. The number of hydrogen-bond donors (Lipinski definition) is 2. The number of nitro benzene ring substituents is 1. The summed E-state index contributed by atoms with van der Waals surface area (Å²) in [6.07, 6.45) is 0. The van der Waals surface area contributed by atoms with E-state index in [-0.39, 0.29) is 28.5 Å². The SMILES string of the molecule is CC(C)(C)c1cc(C(=O)Nc2cccc3ccc(C4C(=O)c5cc6cccc([N+](=O)[O-])c6cc5C4=O)[nH+]c23)cc(C(C)(C)C)c1O. The van der Waals surface area contributed by atoms with E-state index in [1.807, 2.05) is 47.6 Å². The summed E-state index contributed by atoms with van der Waals surface area (Å²) in [6, 6.07) is 19.8. The predicted octanol–water partition coefficient (Wildman–Crippen LogP) is 7.43. The van der Waals surface area contributed by atoms with Crippen molar-refractivity contribution >= 4 is 50.5 Å². The average Bonchev–Trinajstić information content (AvgIpc) is 3.22.